The van der Waals surface area contributed by atoms with Crippen LogP contribution in [-0.4, -0.2) is 98.3 Å². The van der Waals surface area contributed by atoms with Crippen LogP contribution in [-0.2, 0) is 16.2 Å². The molecule has 1 aliphatic carbocycles. The predicted octanol–water partition coefficient (Wildman–Crippen LogP) is 10.1. The zero-order valence-corrected chi connectivity index (χ0v) is 37.5. The highest BCUT2D eigenvalue weighted by molar-refractivity contribution is 7.99. The van der Waals surface area contributed by atoms with Crippen molar-refractivity contribution < 1.29 is 26.5 Å². The lowest BCUT2D eigenvalue weighted by Gasteiger charge is -2.37. The molecule has 12 nitrogen and oxygen atoms in total. The summed E-state index contributed by atoms with van der Waals surface area (Å²) in [6.45, 7) is 4.58. The Morgan fingerprint density at radius 1 is 0.937 bits per heavy atom. The molecular formula is C45H50ClF3N8O4S2. The number of sulfonamides is 1. The summed E-state index contributed by atoms with van der Waals surface area (Å²) in [7, 11) is -1.21. The van der Waals surface area contributed by atoms with E-state index in [-0.39, 0.29) is 11.6 Å². The van der Waals surface area contributed by atoms with Crippen LogP contribution < -0.4 is 14.9 Å². The third kappa shape index (κ3) is 11.8. The van der Waals surface area contributed by atoms with Gasteiger partial charge in [-0.2, -0.15) is 13.2 Å². The smallest absolute Gasteiger partial charge is 0.375 e. The van der Waals surface area contributed by atoms with Gasteiger partial charge >= 0.3 is 6.18 Å². The Kier molecular flexibility index (Phi) is 14.8. The molecule has 0 bridgehead atoms. The van der Waals surface area contributed by atoms with Crippen molar-refractivity contribution in [3.8, 4) is 0 Å². The van der Waals surface area contributed by atoms with Crippen LogP contribution in [0.1, 0.15) is 49.7 Å². The molecular weight excluding hydrogens is 873 g/mol. The van der Waals surface area contributed by atoms with Crippen LogP contribution in [0.25, 0.3) is 16.5 Å². The number of rotatable bonds is 16. The summed E-state index contributed by atoms with van der Waals surface area (Å²) in [5.74, 6) is 0.113. The summed E-state index contributed by atoms with van der Waals surface area (Å²) in [6.07, 6.45) is 2.06. The van der Waals surface area contributed by atoms with E-state index in [0.29, 0.717) is 36.0 Å². The van der Waals surface area contributed by atoms with E-state index in [1.165, 1.54) is 54.1 Å². The number of alkyl halides is 3. The molecule has 0 spiro atoms. The van der Waals surface area contributed by atoms with Gasteiger partial charge in [0.2, 0.25) is 0 Å². The molecule has 5 aromatic rings. The van der Waals surface area contributed by atoms with E-state index in [2.05, 4.69) is 41.9 Å². The zero-order chi connectivity index (χ0) is 44.7. The fourth-order valence-electron chi connectivity index (χ4n) is 8.07. The Bertz CT molecular complexity index is 2540. The maximum Gasteiger partial charge on any atom is 0.418 e. The first-order valence-electron chi connectivity index (χ1n) is 20.8. The quantitative estimate of drug-likeness (QED) is 0.0556. The predicted molar refractivity (Wildman–Crippen MR) is 246 cm³/mol. The highest BCUT2D eigenvalue weighted by Crippen LogP contribution is 2.43. The molecule has 1 saturated heterocycles. The van der Waals surface area contributed by atoms with Crippen LogP contribution in [0.15, 0.2) is 107 Å². The van der Waals surface area contributed by atoms with Crippen molar-refractivity contribution in [2.24, 2.45) is 0 Å². The molecule has 0 unspecified atom stereocenters. The third-order valence-electron chi connectivity index (χ3n) is 11.4. The van der Waals surface area contributed by atoms with Crippen LogP contribution in [0.2, 0.25) is 5.02 Å². The molecule has 2 heterocycles. The van der Waals surface area contributed by atoms with E-state index in [0.717, 1.165) is 61.2 Å². The molecule has 1 aliphatic heterocycles. The van der Waals surface area contributed by atoms with Crippen LogP contribution in [0, 0.1) is 10.1 Å². The molecule has 4 aromatic carbocycles. The number of nitro benzene ring substituents is 1. The normalized spacial score (nSPS) is 16.0. The van der Waals surface area contributed by atoms with Gasteiger partial charge in [-0.05, 0) is 112 Å². The maximum absolute atomic E-state index is 14.8. The molecule has 7 rings (SSSR count). The Labute approximate surface area is 375 Å². The van der Waals surface area contributed by atoms with E-state index in [1.54, 1.807) is 6.07 Å². The van der Waals surface area contributed by atoms with Gasteiger partial charge in [0.05, 0.1) is 20.9 Å². The topological polar surface area (TPSA) is 137 Å². The number of hydrogen-bond acceptors (Lipinski definition) is 11. The van der Waals surface area contributed by atoms with E-state index < -0.39 is 49.0 Å². The lowest BCUT2D eigenvalue weighted by atomic mass is 9.95. The van der Waals surface area contributed by atoms with Gasteiger partial charge in [0, 0.05) is 71.6 Å². The van der Waals surface area contributed by atoms with Crippen LogP contribution in [0.5, 0.6) is 0 Å². The third-order valence-corrected chi connectivity index (χ3v) is 14.1. The number of hydrogen-bond donors (Lipinski definition) is 2. The summed E-state index contributed by atoms with van der Waals surface area (Å²) in [5.41, 5.74) is 2.15. The first-order valence-corrected chi connectivity index (χ1v) is 23.7. The highest BCUT2D eigenvalue weighted by Gasteiger charge is 2.40. The molecule has 0 radical (unpaired) electrons. The Morgan fingerprint density at radius 2 is 1.67 bits per heavy atom. The number of halogens is 4. The number of nitro groups is 1. The van der Waals surface area contributed by atoms with Crippen LogP contribution in [0.3, 0.4) is 0 Å². The fourth-order valence-corrected chi connectivity index (χ4v) is 10.3. The summed E-state index contributed by atoms with van der Waals surface area (Å²) >= 11 is 7.58. The van der Waals surface area contributed by atoms with Gasteiger partial charge in [0.15, 0.2) is 5.82 Å². The van der Waals surface area contributed by atoms with Gasteiger partial charge in [-0.25, -0.2) is 18.4 Å². The number of allylic oxidation sites excluding steroid dienone is 1. The Morgan fingerprint density at radius 3 is 2.37 bits per heavy atom. The van der Waals surface area contributed by atoms with Gasteiger partial charge in [0.25, 0.3) is 15.7 Å². The number of anilines is 3. The van der Waals surface area contributed by atoms with Crippen molar-refractivity contribution in [1.29, 1.82) is 0 Å². The molecule has 1 atom stereocenters. The Balaban J connectivity index is 1.09. The number of piperazine rings is 1. The van der Waals surface area contributed by atoms with Crippen LogP contribution >= 0.6 is 23.4 Å². The minimum absolute atomic E-state index is 0.176. The van der Waals surface area contributed by atoms with E-state index in [9.17, 15) is 31.7 Å². The number of nitrogens with one attached hydrogen (secondary N) is 2. The van der Waals surface area contributed by atoms with Gasteiger partial charge in [-0.3, -0.25) is 19.7 Å². The molecule has 1 fully saturated rings. The standard InChI is InChI=1S/C45H50ClF3N8O4S2/c1-54(2)20-19-34(29-62-36-10-6-4-7-11-36)52-43-40(45(47,48)49)26-37(27-42(43)57(58)59)63(60,61)53-44-39-18-17-35(25-41(39)50-30-51-44)56-23-21-55(22-24-56)28-32-9-5-3-8-12-38(32)31-13-15-33(46)16-14-31/h4,6-7,10-11,13-18,25-27,30,34,52H,3,5,8-9,12,19-24,28-29H2,1-2H3,(H,50,51,53)/t34-/m1/s1. The molecule has 0 amide bonds. The number of nitrogens with zero attached hydrogens (tertiary/aromatic N) is 6. The summed E-state index contributed by atoms with van der Waals surface area (Å²) < 4.78 is 74.5. The number of benzene rings is 4. The first kappa shape index (κ1) is 46.1. The average molecular weight is 924 g/mol. The van der Waals surface area contributed by atoms with Crippen molar-refractivity contribution in [3.63, 3.8) is 0 Å². The number of thioether (sulfide) groups is 1. The molecule has 18 heteroatoms. The second-order valence-corrected chi connectivity index (χ2v) is 19.3. The van der Waals surface area contributed by atoms with Crippen molar-refractivity contribution in [3.05, 3.63) is 123 Å². The maximum atomic E-state index is 14.8. The molecule has 334 valence electrons. The minimum atomic E-state index is -5.15. The minimum Gasteiger partial charge on any atom is -0.375 e. The Hall–Kier alpha value is -4.94. The van der Waals surface area contributed by atoms with E-state index >= 15 is 0 Å². The highest BCUT2D eigenvalue weighted by atomic mass is 35.5. The lowest BCUT2D eigenvalue weighted by molar-refractivity contribution is -0.384. The number of aromatic nitrogens is 2. The molecule has 63 heavy (non-hydrogen) atoms. The van der Waals surface area contributed by atoms with Gasteiger partial charge in [0.1, 0.15) is 12.0 Å². The van der Waals surface area contributed by atoms with Crippen LogP contribution in [0.4, 0.5) is 36.1 Å². The number of fused-ring (bicyclic) bond motifs is 1. The van der Waals surface area contributed by atoms with Gasteiger partial charge < -0.3 is 15.1 Å². The average Bonchev–Trinajstić information content (AvgIpc) is 3.50. The van der Waals surface area contributed by atoms with Crippen molar-refractivity contribution in [2.45, 2.75) is 60.5 Å². The first-order chi connectivity index (χ1) is 30.1. The monoisotopic (exact) mass is 922 g/mol. The van der Waals surface area contributed by atoms with Gasteiger partial charge in [-0.15, -0.1) is 11.8 Å². The fraction of sp³-hybridized carbons (Fsp3) is 0.378. The van der Waals surface area contributed by atoms with E-state index in [1.807, 2.05) is 73.6 Å². The van der Waals surface area contributed by atoms with Crippen molar-refractivity contribution in [2.75, 3.05) is 74.1 Å². The molecule has 2 N–H and O–H groups in total. The zero-order valence-electron chi connectivity index (χ0n) is 35.1. The summed E-state index contributed by atoms with van der Waals surface area (Å²) in [6, 6.07) is 23.1. The second kappa shape index (κ2) is 20.3. The molecule has 0 saturated carbocycles. The SMILES string of the molecule is CN(C)CC[C@H](CSc1ccccc1)Nc1c([N+](=O)[O-])cc(S(=O)(=O)Nc2ncnc3cc(N4CCN(CC5=C(c6ccc(Cl)cc6)CCCCC5)CC4)ccc23)cc1C(F)(F)F. The summed E-state index contributed by atoms with van der Waals surface area (Å²) in [4.78, 5) is 26.5. The molecule has 2 aliphatic rings. The van der Waals surface area contributed by atoms with Crippen molar-refractivity contribution >= 4 is 72.7 Å². The molecule has 1 aromatic heterocycles. The second-order valence-electron chi connectivity index (χ2n) is 16.1. The van der Waals surface area contributed by atoms with E-state index in [4.69, 9.17) is 11.6 Å². The van der Waals surface area contributed by atoms with Crippen molar-refractivity contribution in [1.82, 2.24) is 19.8 Å². The lowest BCUT2D eigenvalue weighted by Crippen LogP contribution is -2.47. The van der Waals surface area contributed by atoms with Gasteiger partial charge in [-0.1, -0.05) is 53.9 Å². The summed E-state index contributed by atoms with van der Waals surface area (Å²) in [5, 5.41) is 16.3. The largest absolute Gasteiger partial charge is 0.418 e.